The number of halogens is 1. The molecule has 2 aromatic rings. The second-order valence-electron chi connectivity index (χ2n) is 4.83. The fourth-order valence-corrected chi connectivity index (χ4v) is 1.91. The van der Waals surface area contributed by atoms with Gasteiger partial charge in [-0.2, -0.15) is 0 Å². The lowest BCUT2D eigenvalue weighted by molar-refractivity contribution is -0.119. The molecule has 120 valence electrons. The van der Waals surface area contributed by atoms with E-state index in [1.54, 1.807) is 12.1 Å². The van der Waals surface area contributed by atoms with E-state index in [1.165, 1.54) is 19.2 Å². The first-order valence-corrected chi connectivity index (χ1v) is 6.87. The van der Waals surface area contributed by atoms with Crippen LogP contribution in [0.5, 0.6) is 5.75 Å². The minimum atomic E-state index is -0.698. The molecule has 23 heavy (non-hydrogen) atoms. The third-order valence-electron chi connectivity index (χ3n) is 3.04. The Morgan fingerprint density at radius 1 is 1.13 bits per heavy atom. The number of anilines is 1. The van der Waals surface area contributed by atoms with Crippen molar-refractivity contribution in [2.45, 2.75) is 6.92 Å². The highest BCUT2D eigenvalue weighted by Crippen LogP contribution is 2.25. The van der Waals surface area contributed by atoms with Crippen molar-refractivity contribution in [3.05, 3.63) is 59.4 Å². The zero-order chi connectivity index (χ0) is 16.8. The lowest BCUT2D eigenvalue weighted by Crippen LogP contribution is -2.21. The summed E-state index contributed by atoms with van der Waals surface area (Å²) >= 11 is 0. The largest absolute Gasteiger partial charge is 0.495 e. The van der Waals surface area contributed by atoms with E-state index in [9.17, 15) is 14.0 Å². The smallest absolute Gasteiger partial charge is 0.338 e. The molecule has 6 heteroatoms. The number of benzene rings is 2. The molecule has 0 spiro atoms. The Kier molecular flexibility index (Phi) is 5.30. The molecule has 0 aliphatic carbocycles. The fraction of sp³-hybridized carbons (Fsp3) is 0.176. The molecular formula is C17H16FNO4. The van der Waals surface area contributed by atoms with Gasteiger partial charge in [-0.25, -0.2) is 9.18 Å². The molecule has 2 rings (SSSR count). The molecule has 2 aromatic carbocycles. The normalized spacial score (nSPS) is 10.0. The third kappa shape index (κ3) is 4.54. The van der Waals surface area contributed by atoms with Crippen molar-refractivity contribution in [3.8, 4) is 5.75 Å². The Labute approximate surface area is 133 Å². The number of carbonyl (C=O) groups excluding carboxylic acids is 2. The van der Waals surface area contributed by atoms with Gasteiger partial charge in [-0.3, -0.25) is 4.79 Å². The third-order valence-corrected chi connectivity index (χ3v) is 3.04. The van der Waals surface area contributed by atoms with Crippen LogP contribution in [0.3, 0.4) is 0 Å². The van der Waals surface area contributed by atoms with Gasteiger partial charge in [0.05, 0.1) is 18.4 Å². The highest BCUT2D eigenvalue weighted by molar-refractivity contribution is 5.96. The quantitative estimate of drug-likeness (QED) is 0.861. The van der Waals surface area contributed by atoms with Gasteiger partial charge in [0.1, 0.15) is 11.6 Å². The van der Waals surface area contributed by atoms with Crippen LogP contribution in [0.1, 0.15) is 15.9 Å². The second-order valence-corrected chi connectivity index (χ2v) is 4.83. The number of rotatable bonds is 5. The number of hydrogen-bond acceptors (Lipinski definition) is 4. The highest BCUT2D eigenvalue weighted by Gasteiger charge is 2.12. The second kappa shape index (κ2) is 7.40. The summed E-state index contributed by atoms with van der Waals surface area (Å²) in [6.45, 7) is 1.43. The first kappa shape index (κ1) is 16.5. The van der Waals surface area contributed by atoms with Crippen molar-refractivity contribution in [2.75, 3.05) is 19.0 Å². The zero-order valence-electron chi connectivity index (χ0n) is 12.8. The van der Waals surface area contributed by atoms with Crippen LogP contribution in [0.4, 0.5) is 10.1 Å². The highest BCUT2D eigenvalue weighted by atomic mass is 19.1. The average Bonchev–Trinajstić information content (AvgIpc) is 2.53. The van der Waals surface area contributed by atoms with Gasteiger partial charge >= 0.3 is 5.97 Å². The van der Waals surface area contributed by atoms with E-state index in [0.29, 0.717) is 11.4 Å². The zero-order valence-corrected chi connectivity index (χ0v) is 12.8. The van der Waals surface area contributed by atoms with E-state index in [1.807, 2.05) is 13.0 Å². The minimum absolute atomic E-state index is 0.173. The maximum atomic E-state index is 12.8. The van der Waals surface area contributed by atoms with Gasteiger partial charge in [0.2, 0.25) is 0 Å². The van der Waals surface area contributed by atoms with E-state index in [2.05, 4.69) is 5.32 Å². The minimum Gasteiger partial charge on any atom is -0.495 e. The summed E-state index contributed by atoms with van der Waals surface area (Å²) < 4.78 is 22.8. The average molecular weight is 317 g/mol. The van der Waals surface area contributed by atoms with Crippen LogP contribution in [0.2, 0.25) is 0 Å². The summed E-state index contributed by atoms with van der Waals surface area (Å²) in [7, 11) is 1.49. The van der Waals surface area contributed by atoms with Crippen molar-refractivity contribution < 1.29 is 23.5 Å². The lowest BCUT2D eigenvalue weighted by Gasteiger charge is -2.11. The van der Waals surface area contributed by atoms with Gasteiger partial charge in [0.25, 0.3) is 5.91 Å². The number of amides is 1. The van der Waals surface area contributed by atoms with Crippen molar-refractivity contribution in [1.82, 2.24) is 0 Å². The number of nitrogens with one attached hydrogen (secondary N) is 1. The molecular weight excluding hydrogens is 301 g/mol. The van der Waals surface area contributed by atoms with E-state index >= 15 is 0 Å². The van der Waals surface area contributed by atoms with Crippen LogP contribution in [-0.2, 0) is 9.53 Å². The van der Waals surface area contributed by atoms with Gasteiger partial charge in [0.15, 0.2) is 6.61 Å². The Morgan fingerprint density at radius 2 is 1.83 bits per heavy atom. The van der Waals surface area contributed by atoms with Gasteiger partial charge in [-0.1, -0.05) is 6.07 Å². The van der Waals surface area contributed by atoms with Gasteiger partial charge in [-0.05, 0) is 48.9 Å². The van der Waals surface area contributed by atoms with Crippen LogP contribution in [-0.4, -0.2) is 25.6 Å². The summed E-state index contributed by atoms with van der Waals surface area (Å²) in [5, 5.41) is 2.62. The molecule has 1 N–H and O–H groups in total. The lowest BCUT2D eigenvalue weighted by atomic mass is 10.2. The van der Waals surface area contributed by atoms with Crippen LogP contribution < -0.4 is 10.1 Å². The molecule has 0 radical (unpaired) electrons. The predicted octanol–water partition coefficient (Wildman–Crippen LogP) is 2.94. The molecule has 5 nitrogen and oxygen atoms in total. The number of ether oxygens (including phenoxy) is 2. The predicted molar refractivity (Wildman–Crippen MR) is 83.0 cm³/mol. The van der Waals surface area contributed by atoms with Crippen molar-refractivity contribution in [2.24, 2.45) is 0 Å². The van der Waals surface area contributed by atoms with Crippen molar-refractivity contribution in [1.29, 1.82) is 0 Å². The van der Waals surface area contributed by atoms with Crippen LogP contribution in [0.15, 0.2) is 42.5 Å². The van der Waals surface area contributed by atoms with Crippen molar-refractivity contribution in [3.63, 3.8) is 0 Å². The Balaban J connectivity index is 1.94. The molecule has 0 fully saturated rings. The Bertz CT molecular complexity index is 713. The number of methoxy groups -OCH3 is 1. The number of hydrogen-bond donors (Lipinski definition) is 1. The SMILES string of the molecule is COc1ccc(C)cc1NC(=O)COC(=O)c1ccc(F)cc1. The molecule has 0 heterocycles. The summed E-state index contributed by atoms with van der Waals surface area (Å²) in [4.78, 5) is 23.6. The van der Waals surface area contributed by atoms with E-state index in [4.69, 9.17) is 9.47 Å². The van der Waals surface area contributed by atoms with Crippen LogP contribution >= 0.6 is 0 Å². The maximum Gasteiger partial charge on any atom is 0.338 e. The molecule has 0 aliphatic heterocycles. The summed E-state index contributed by atoms with van der Waals surface area (Å²) in [6.07, 6.45) is 0. The molecule has 0 saturated carbocycles. The standard InChI is InChI=1S/C17H16FNO4/c1-11-3-8-15(22-2)14(9-11)19-16(20)10-23-17(21)12-4-6-13(18)7-5-12/h3-9H,10H2,1-2H3,(H,19,20). The first-order chi connectivity index (χ1) is 11.0. The van der Waals surface area contributed by atoms with E-state index in [-0.39, 0.29) is 5.56 Å². The number of carbonyl (C=O) groups is 2. The van der Waals surface area contributed by atoms with Gasteiger partial charge < -0.3 is 14.8 Å². The molecule has 0 bridgehead atoms. The van der Waals surface area contributed by atoms with Crippen LogP contribution in [0, 0.1) is 12.7 Å². The molecule has 0 aromatic heterocycles. The number of esters is 1. The summed E-state index contributed by atoms with van der Waals surface area (Å²) in [6, 6.07) is 10.2. The molecule has 0 atom stereocenters. The van der Waals surface area contributed by atoms with Gasteiger partial charge in [0, 0.05) is 0 Å². The van der Waals surface area contributed by atoms with Crippen LogP contribution in [0.25, 0.3) is 0 Å². The molecule has 0 unspecified atom stereocenters. The Morgan fingerprint density at radius 3 is 2.48 bits per heavy atom. The first-order valence-electron chi connectivity index (χ1n) is 6.87. The molecule has 1 amide bonds. The van der Waals surface area contributed by atoms with Crippen molar-refractivity contribution >= 4 is 17.6 Å². The molecule has 0 aliphatic rings. The summed E-state index contributed by atoms with van der Waals surface area (Å²) in [5.41, 5.74) is 1.62. The fourth-order valence-electron chi connectivity index (χ4n) is 1.91. The summed E-state index contributed by atoms with van der Waals surface area (Å²) in [5.74, 6) is -1.14. The van der Waals surface area contributed by atoms with E-state index in [0.717, 1.165) is 17.7 Å². The topological polar surface area (TPSA) is 64.6 Å². The van der Waals surface area contributed by atoms with Gasteiger partial charge in [-0.15, -0.1) is 0 Å². The van der Waals surface area contributed by atoms with E-state index < -0.39 is 24.3 Å². The maximum absolute atomic E-state index is 12.8. The monoisotopic (exact) mass is 317 g/mol. The number of aryl methyl sites for hydroxylation is 1. The molecule has 0 saturated heterocycles. The Hall–Kier alpha value is -2.89.